The molecule has 1 heterocycles. The Hall–Kier alpha value is -2.41. The highest BCUT2D eigenvalue weighted by Crippen LogP contribution is 2.42. The van der Waals surface area contributed by atoms with Crippen LogP contribution in [0.3, 0.4) is 0 Å². The average Bonchev–Trinajstić information content (AvgIpc) is 2.84. The molecule has 2 aromatic rings. The fourth-order valence-corrected chi connectivity index (χ4v) is 4.72. The number of rotatable bonds is 12. The van der Waals surface area contributed by atoms with Gasteiger partial charge in [-0.15, -0.1) is 0 Å². The summed E-state index contributed by atoms with van der Waals surface area (Å²) in [6.45, 7) is 5.14. The van der Waals surface area contributed by atoms with Crippen LogP contribution in [0.4, 0.5) is 0 Å². The van der Waals surface area contributed by atoms with E-state index in [1.807, 2.05) is 36.7 Å². The summed E-state index contributed by atoms with van der Waals surface area (Å²) in [6.07, 6.45) is 17.6. The Morgan fingerprint density at radius 1 is 0.969 bits per heavy atom. The van der Waals surface area contributed by atoms with E-state index in [0.717, 1.165) is 68.7 Å². The van der Waals surface area contributed by atoms with Crippen LogP contribution < -0.4 is 4.74 Å². The monoisotopic (exact) mass is 433 g/mol. The summed E-state index contributed by atoms with van der Waals surface area (Å²) < 4.78 is 6.09. The SMILES string of the molecule is CCCCCCCC1(C#N)CCC(COc2ccc(-c3ncc(CCC)cn3)cc2)CC1. The summed E-state index contributed by atoms with van der Waals surface area (Å²) in [5.41, 5.74) is 2.10. The third-order valence-corrected chi connectivity index (χ3v) is 6.90. The minimum atomic E-state index is -0.0863. The lowest BCUT2D eigenvalue weighted by atomic mass is 9.69. The van der Waals surface area contributed by atoms with Crippen molar-refractivity contribution in [2.24, 2.45) is 11.3 Å². The van der Waals surface area contributed by atoms with Gasteiger partial charge in [0.2, 0.25) is 0 Å². The van der Waals surface area contributed by atoms with E-state index in [1.165, 1.54) is 37.7 Å². The van der Waals surface area contributed by atoms with Crippen molar-refractivity contribution in [1.29, 1.82) is 5.26 Å². The lowest BCUT2D eigenvalue weighted by Crippen LogP contribution is -2.28. The van der Waals surface area contributed by atoms with Crippen LogP contribution in [-0.2, 0) is 6.42 Å². The smallest absolute Gasteiger partial charge is 0.159 e. The Morgan fingerprint density at radius 3 is 2.28 bits per heavy atom. The number of nitrogens with zero attached hydrogens (tertiary/aromatic N) is 3. The van der Waals surface area contributed by atoms with Gasteiger partial charge in [0.15, 0.2) is 5.82 Å². The van der Waals surface area contributed by atoms with Crippen LogP contribution in [-0.4, -0.2) is 16.6 Å². The highest BCUT2D eigenvalue weighted by Gasteiger charge is 2.35. The number of aromatic nitrogens is 2. The van der Waals surface area contributed by atoms with Crippen LogP contribution in [0.2, 0.25) is 0 Å². The van der Waals surface area contributed by atoms with E-state index in [2.05, 4.69) is 29.9 Å². The largest absolute Gasteiger partial charge is 0.493 e. The van der Waals surface area contributed by atoms with E-state index in [-0.39, 0.29) is 5.41 Å². The van der Waals surface area contributed by atoms with E-state index in [0.29, 0.717) is 5.92 Å². The zero-order chi connectivity index (χ0) is 22.7. The molecule has 1 saturated carbocycles. The molecular weight excluding hydrogens is 394 g/mol. The first-order valence-electron chi connectivity index (χ1n) is 12.6. The quantitative estimate of drug-likeness (QED) is 0.324. The van der Waals surface area contributed by atoms with Gasteiger partial charge in [0.1, 0.15) is 5.75 Å². The Morgan fingerprint density at radius 2 is 1.66 bits per heavy atom. The minimum Gasteiger partial charge on any atom is -0.493 e. The van der Waals surface area contributed by atoms with Crippen molar-refractivity contribution in [3.8, 4) is 23.2 Å². The summed E-state index contributed by atoms with van der Waals surface area (Å²) in [5.74, 6) is 2.20. The van der Waals surface area contributed by atoms with Crippen LogP contribution in [0, 0.1) is 22.7 Å². The molecule has 4 heteroatoms. The van der Waals surface area contributed by atoms with E-state index >= 15 is 0 Å². The molecule has 0 amide bonds. The summed E-state index contributed by atoms with van der Waals surface area (Å²) >= 11 is 0. The standard InChI is InChI=1S/C28H39N3O/c1-3-5-6-7-8-16-28(22-29)17-14-23(15-18-28)21-32-26-12-10-25(11-13-26)27-30-19-24(9-4-2)20-31-27/h10-13,19-20,23H,3-9,14-18,21H2,1-2H3. The molecule has 1 aromatic heterocycles. The van der Waals surface area contributed by atoms with E-state index in [4.69, 9.17) is 4.74 Å². The molecule has 0 radical (unpaired) electrons. The van der Waals surface area contributed by atoms with Gasteiger partial charge in [-0.25, -0.2) is 9.97 Å². The molecule has 1 fully saturated rings. The van der Waals surface area contributed by atoms with E-state index in [9.17, 15) is 5.26 Å². The van der Waals surface area contributed by atoms with Gasteiger partial charge in [0.25, 0.3) is 0 Å². The third-order valence-electron chi connectivity index (χ3n) is 6.90. The highest BCUT2D eigenvalue weighted by molar-refractivity contribution is 5.55. The second kappa shape index (κ2) is 12.6. The fraction of sp³-hybridized carbons (Fsp3) is 0.607. The minimum absolute atomic E-state index is 0.0863. The van der Waals surface area contributed by atoms with Gasteiger partial charge in [0, 0.05) is 18.0 Å². The van der Waals surface area contributed by atoms with Crippen LogP contribution in [0.15, 0.2) is 36.7 Å². The Bertz CT molecular complexity index is 830. The first kappa shape index (κ1) is 24.2. The summed E-state index contributed by atoms with van der Waals surface area (Å²) in [7, 11) is 0. The lowest BCUT2D eigenvalue weighted by Gasteiger charge is -2.35. The molecule has 1 aliphatic carbocycles. The van der Waals surface area contributed by atoms with Crippen LogP contribution in [0.25, 0.3) is 11.4 Å². The second-order valence-electron chi connectivity index (χ2n) is 9.50. The molecule has 172 valence electrons. The molecule has 1 aromatic carbocycles. The maximum Gasteiger partial charge on any atom is 0.159 e. The van der Waals surface area contributed by atoms with Gasteiger partial charge in [-0.05, 0) is 74.3 Å². The van der Waals surface area contributed by atoms with Gasteiger partial charge in [-0.1, -0.05) is 52.4 Å². The van der Waals surface area contributed by atoms with E-state index < -0.39 is 0 Å². The van der Waals surface area contributed by atoms with Gasteiger partial charge in [-0.3, -0.25) is 0 Å². The molecule has 32 heavy (non-hydrogen) atoms. The molecule has 0 N–H and O–H groups in total. The van der Waals surface area contributed by atoms with Crippen LogP contribution >= 0.6 is 0 Å². The average molecular weight is 434 g/mol. The predicted molar refractivity (Wildman–Crippen MR) is 130 cm³/mol. The fourth-order valence-electron chi connectivity index (χ4n) is 4.72. The molecule has 4 nitrogen and oxygen atoms in total. The van der Waals surface area contributed by atoms with Crippen molar-refractivity contribution < 1.29 is 4.74 Å². The topological polar surface area (TPSA) is 58.8 Å². The molecule has 0 saturated heterocycles. The molecule has 0 aliphatic heterocycles. The van der Waals surface area contributed by atoms with Gasteiger partial charge >= 0.3 is 0 Å². The first-order valence-corrected chi connectivity index (χ1v) is 12.6. The Labute approximate surface area is 194 Å². The van der Waals surface area contributed by atoms with Crippen molar-refractivity contribution in [3.63, 3.8) is 0 Å². The zero-order valence-electron chi connectivity index (χ0n) is 20.0. The van der Waals surface area contributed by atoms with Crippen molar-refractivity contribution in [3.05, 3.63) is 42.2 Å². The number of hydrogen-bond donors (Lipinski definition) is 0. The number of benzene rings is 1. The molecular formula is C28H39N3O. The molecule has 0 unspecified atom stereocenters. The first-order chi connectivity index (χ1) is 15.7. The van der Waals surface area contributed by atoms with Crippen molar-refractivity contribution >= 4 is 0 Å². The van der Waals surface area contributed by atoms with Gasteiger partial charge in [0.05, 0.1) is 18.1 Å². The Kier molecular flexibility index (Phi) is 9.53. The van der Waals surface area contributed by atoms with E-state index in [1.54, 1.807) is 0 Å². The van der Waals surface area contributed by atoms with Gasteiger partial charge in [-0.2, -0.15) is 5.26 Å². The van der Waals surface area contributed by atoms with Crippen molar-refractivity contribution in [2.45, 2.75) is 90.9 Å². The summed E-state index contributed by atoms with van der Waals surface area (Å²) in [6, 6.07) is 10.8. The maximum absolute atomic E-state index is 9.81. The summed E-state index contributed by atoms with van der Waals surface area (Å²) in [4.78, 5) is 8.99. The van der Waals surface area contributed by atoms with Crippen LogP contribution in [0.5, 0.6) is 5.75 Å². The zero-order valence-corrected chi connectivity index (χ0v) is 20.0. The van der Waals surface area contributed by atoms with Crippen LogP contribution in [0.1, 0.15) is 90.0 Å². The number of unbranched alkanes of at least 4 members (excludes halogenated alkanes) is 4. The molecule has 1 aliphatic rings. The number of nitriles is 1. The van der Waals surface area contributed by atoms with Crippen molar-refractivity contribution in [2.75, 3.05) is 6.61 Å². The van der Waals surface area contributed by atoms with Crippen molar-refractivity contribution in [1.82, 2.24) is 9.97 Å². The second-order valence-corrected chi connectivity index (χ2v) is 9.50. The molecule has 0 bridgehead atoms. The molecule has 0 atom stereocenters. The van der Waals surface area contributed by atoms with Gasteiger partial charge < -0.3 is 4.74 Å². The molecule has 0 spiro atoms. The predicted octanol–water partition coefficient (Wildman–Crippen LogP) is 7.54. The third kappa shape index (κ3) is 7.05. The lowest BCUT2D eigenvalue weighted by molar-refractivity contribution is 0.144. The normalized spacial score (nSPS) is 20.6. The number of ether oxygens (including phenoxy) is 1. The summed E-state index contributed by atoms with van der Waals surface area (Å²) in [5, 5.41) is 9.81. The number of hydrogen-bond acceptors (Lipinski definition) is 4. The molecule has 3 rings (SSSR count). The highest BCUT2D eigenvalue weighted by atomic mass is 16.5. The number of aryl methyl sites for hydroxylation is 1. The maximum atomic E-state index is 9.81. The Balaban J connectivity index is 1.43.